The smallest absolute Gasteiger partial charge is 0.153 e. The first-order valence-electron chi connectivity index (χ1n) is 5.29. The number of aromatic nitrogens is 1. The van der Waals surface area contributed by atoms with Crippen LogP contribution in [0.15, 0.2) is 34.9 Å². The molecule has 2 rings (SSSR count). The van der Waals surface area contributed by atoms with Crippen molar-refractivity contribution in [3.05, 3.63) is 46.1 Å². The molecular formula is C13H11BrN4. The van der Waals surface area contributed by atoms with Crippen molar-refractivity contribution in [3.63, 3.8) is 0 Å². The molecule has 0 fully saturated rings. The first kappa shape index (κ1) is 12.4. The van der Waals surface area contributed by atoms with Gasteiger partial charge in [0.05, 0.1) is 23.0 Å². The van der Waals surface area contributed by atoms with Gasteiger partial charge in [0.15, 0.2) is 5.82 Å². The Kier molecular flexibility index (Phi) is 3.49. The van der Waals surface area contributed by atoms with Gasteiger partial charge in [-0.15, -0.1) is 0 Å². The lowest BCUT2D eigenvalue weighted by Crippen LogP contribution is -2.00. The van der Waals surface area contributed by atoms with Gasteiger partial charge in [-0.25, -0.2) is 4.98 Å². The number of benzene rings is 1. The molecule has 0 spiro atoms. The van der Waals surface area contributed by atoms with Gasteiger partial charge < -0.3 is 11.1 Å². The van der Waals surface area contributed by atoms with Crippen LogP contribution >= 0.6 is 15.9 Å². The Morgan fingerprint density at radius 1 is 1.39 bits per heavy atom. The number of halogens is 1. The molecule has 0 radical (unpaired) electrons. The van der Waals surface area contributed by atoms with Crippen molar-refractivity contribution in [3.8, 4) is 6.07 Å². The van der Waals surface area contributed by atoms with Gasteiger partial charge >= 0.3 is 0 Å². The lowest BCUT2D eigenvalue weighted by molar-refractivity contribution is 1.26. The summed E-state index contributed by atoms with van der Waals surface area (Å²) in [7, 11) is 0. The predicted octanol–water partition coefficient (Wildman–Crippen LogP) is 3.35. The van der Waals surface area contributed by atoms with Crippen molar-refractivity contribution in [2.24, 2.45) is 0 Å². The molecular weight excluding hydrogens is 292 g/mol. The van der Waals surface area contributed by atoms with Crippen LogP contribution in [0, 0.1) is 18.3 Å². The van der Waals surface area contributed by atoms with Crippen molar-refractivity contribution < 1.29 is 0 Å². The minimum atomic E-state index is 0.589. The summed E-state index contributed by atoms with van der Waals surface area (Å²) in [6.45, 7) is 1.94. The van der Waals surface area contributed by atoms with Crippen LogP contribution in [-0.4, -0.2) is 4.98 Å². The van der Waals surface area contributed by atoms with Crippen LogP contribution < -0.4 is 11.1 Å². The average molecular weight is 303 g/mol. The van der Waals surface area contributed by atoms with Crippen molar-refractivity contribution in [1.82, 2.24) is 4.98 Å². The average Bonchev–Trinajstić information content (AvgIpc) is 2.34. The van der Waals surface area contributed by atoms with Crippen molar-refractivity contribution in [2.45, 2.75) is 6.92 Å². The molecule has 0 saturated carbocycles. The van der Waals surface area contributed by atoms with E-state index in [1.54, 1.807) is 18.3 Å². The van der Waals surface area contributed by atoms with Gasteiger partial charge in [-0.2, -0.15) is 5.26 Å². The lowest BCUT2D eigenvalue weighted by Gasteiger charge is -2.10. The van der Waals surface area contributed by atoms with Gasteiger partial charge in [0, 0.05) is 10.7 Å². The second-order valence-corrected chi connectivity index (χ2v) is 4.74. The molecule has 3 N–H and O–H groups in total. The molecule has 0 aliphatic heterocycles. The fraction of sp³-hybridized carbons (Fsp3) is 0.0769. The second-order valence-electron chi connectivity index (χ2n) is 3.88. The number of anilines is 3. The Labute approximate surface area is 114 Å². The van der Waals surface area contributed by atoms with Crippen LogP contribution in [0.1, 0.15) is 11.1 Å². The maximum Gasteiger partial charge on any atom is 0.153 e. The number of nitrogens with two attached hydrogens (primary N) is 1. The quantitative estimate of drug-likeness (QED) is 0.892. The van der Waals surface area contributed by atoms with Crippen LogP contribution in [0.3, 0.4) is 0 Å². The number of rotatable bonds is 2. The van der Waals surface area contributed by atoms with E-state index in [2.05, 4.69) is 32.3 Å². The summed E-state index contributed by atoms with van der Waals surface area (Å²) in [4.78, 5) is 4.23. The molecule has 0 amide bonds. The van der Waals surface area contributed by atoms with Crippen molar-refractivity contribution >= 4 is 33.1 Å². The fourth-order valence-corrected chi connectivity index (χ4v) is 1.99. The zero-order valence-corrected chi connectivity index (χ0v) is 11.3. The third kappa shape index (κ3) is 2.60. The van der Waals surface area contributed by atoms with Crippen LogP contribution in [0.4, 0.5) is 17.2 Å². The highest BCUT2D eigenvalue weighted by Gasteiger charge is 2.05. The summed E-state index contributed by atoms with van der Waals surface area (Å²) in [5, 5.41) is 11.9. The molecule has 18 heavy (non-hydrogen) atoms. The third-order valence-corrected chi connectivity index (χ3v) is 3.06. The SMILES string of the molecule is Cc1cnc(Nc2ccc(C#N)cc2Br)c(N)c1. The summed E-state index contributed by atoms with van der Waals surface area (Å²) in [5.74, 6) is 0.603. The van der Waals surface area contributed by atoms with E-state index >= 15 is 0 Å². The molecule has 1 aromatic carbocycles. The molecule has 0 atom stereocenters. The highest BCUT2D eigenvalue weighted by atomic mass is 79.9. The first-order chi connectivity index (χ1) is 8.60. The Balaban J connectivity index is 2.32. The molecule has 2 aromatic rings. The summed E-state index contributed by atoms with van der Waals surface area (Å²) < 4.78 is 0.795. The highest BCUT2D eigenvalue weighted by molar-refractivity contribution is 9.10. The predicted molar refractivity (Wildman–Crippen MR) is 75.5 cm³/mol. The summed E-state index contributed by atoms with van der Waals surface area (Å²) in [5.41, 5.74) is 8.89. The maximum atomic E-state index is 8.79. The van der Waals surface area contributed by atoms with Gasteiger partial charge in [-0.1, -0.05) is 0 Å². The molecule has 0 aliphatic rings. The number of hydrogen-bond donors (Lipinski definition) is 2. The van der Waals surface area contributed by atoms with Crippen LogP contribution in [-0.2, 0) is 0 Å². The number of nitrogens with one attached hydrogen (secondary N) is 1. The summed E-state index contributed by atoms with van der Waals surface area (Å²) >= 11 is 3.40. The van der Waals surface area contributed by atoms with E-state index in [1.807, 2.05) is 19.1 Å². The van der Waals surface area contributed by atoms with Crippen LogP contribution in [0.5, 0.6) is 0 Å². The zero-order valence-electron chi connectivity index (χ0n) is 9.74. The minimum Gasteiger partial charge on any atom is -0.396 e. The van der Waals surface area contributed by atoms with Gasteiger partial charge in [-0.3, -0.25) is 0 Å². The van der Waals surface area contributed by atoms with E-state index in [1.165, 1.54) is 0 Å². The third-order valence-electron chi connectivity index (χ3n) is 2.41. The number of hydrogen-bond acceptors (Lipinski definition) is 4. The van der Waals surface area contributed by atoms with E-state index < -0.39 is 0 Å². The van der Waals surface area contributed by atoms with Gasteiger partial charge in [0.1, 0.15) is 0 Å². The number of nitrogen functional groups attached to an aromatic ring is 1. The molecule has 90 valence electrons. The molecule has 0 unspecified atom stereocenters. The Bertz CT molecular complexity index is 631. The van der Waals surface area contributed by atoms with E-state index in [9.17, 15) is 0 Å². The Morgan fingerprint density at radius 3 is 2.78 bits per heavy atom. The lowest BCUT2D eigenvalue weighted by atomic mass is 10.2. The number of pyridine rings is 1. The van der Waals surface area contributed by atoms with E-state index in [0.717, 1.165) is 15.7 Å². The number of aryl methyl sites for hydroxylation is 1. The highest BCUT2D eigenvalue weighted by Crippen LogP contribution is 2.28. The second kappa shape index (κ2) is 5.07. The normalized spacial score (nSPS) is 9.83. The summed E-state index contributed by atoms with van der Waals surface area (Å²) in [6.07, 6.45) is 1.75. The topological polar surface area (TPSA) is 74.7 Å². The monoisotopic (exact) mass is 302 g/mol. The molecule has 5 heteroatoms. The van der Waals surface area contributed by atoms with Crippen molar-refractivity contribution in [1.29, 1.82) is 5.26 Å². The molecule has 1 aromatic heterocycles. The zero-order chi connectivity index (χ0) is 13.1. The number of nitrogens with zero attached hydrogens (tertiary/aromatic N) is 2. The minimum absolute atomic E-state index is 0.589. The van der Waals surface area contributed by atoms with Gasteiger partial charge in [0.25, 0.3) is 0 Å². The van der Waals surface area contributed by atoms with Gasteiger partial charge in [0.2, 0.25) is 0 Å². The molecule has 0 aliphatic carbocycles. The molecule has 0 saturated heterocycles. The summed E-state index contributed by atoms with van der Waals surface area (Å²) in [6, 6.07) is 9.22. The fourth-order valence-electron chi connectivity index (χ4n) is 1.51. The number of nitriles is 1. The van der Waals surface area contributed by atoms with Crippen LogP contribution in [0.2, 0.25) is 0 Å². The Morgan fingerprint density at radius 2 is 2.17 bits per heavy atom. The van der Waals surface area contributed by atoms with E-state index in [-0.39, 0.29) is 0 Å². The largest absolute Gasteiger partial charge is 0.396 e. The van der Waals surface area contributed by atoms with E-state index in [0.29, 0.717) is 17.1 Å². The first-order valence-corrected chi connectivity index (χ1v) is 6.08. The molecule has 4 nitrogen and oxygen atoms in total. The van der Waals surface area contributed by atoms with Crippen molar-refractivity contribution in [2.75, 3.05) is 11.1 Å². The maximum absolute atomic E-state index is 8.79. The van der Waals surface area contributed by atoms with E-state index in [4.69, 9.17) is 11.0 Å². The van der Waals surface area contributed by atoms with Crippen LogP contribution in [0.25, 0.3) is 0 Å². The molecule has 1 heterocycles. The standard InChI is InChI=1S/C13H11BrN4/c1-8-4-11(16)13(17-7-8)18-12-3-2-9(6-15)5-10(12)14/h2-5,7H,16H2,1H3,(H,17,18). The van der Waals surface area contributed by atoms with Gasteiger partial charge in [-0.05, 0) is 52.7 Å². The molecule has 0 bridgehead atoms. The Hall–Kier alpha value is -2.06.